The third-order valence-corrected chi connectivity index (χ3v) is 5.67. The molecule has 5 nitrogen and oxygen atoms in total. The minimum Gasteiger partial charge on any atom is -0.391 e. The molecule has 0 unspecified atom stereocenters. The molecule has 0 amide bonds. The Morgan fingerprint density at radius 2 is 2.26 bits per heavy atom. The second-order valence-electron chi connectivity index (χ2n) is 3.75. The number of sulfonamides is 1. The number of aromatic nitrogens is 1. The predicted molar refractivity (Wildman–Crippen MR) is 77.7 cm³/mol. The van der Waals surface area contributed by atoms with E-state index in [0.717, 1.165) is 0 Å². The van der Waals surface area contributed by atoms with Crippen molar-refractivity contribution < 1.29 is 13.5 Å². The van der Waals surface area contributed by atoms with Crippen molar-refractivity contribution >= 4 is 43.0 Å². The molecular weight excluding hydrogens is 352 g/mol. The van der Waals surface area contributed by atoms with Crippen molar-refractivity contribution in [1.29, 1.82) is 0 Å². The summed E-state index contributed by atoms with van der Waals surface area (Å²) >= 11 is 4.49. The van der Waals surface area contributed by atoms with Crippen LogP contribution in [0.1, 0.15) is 9.75 Å². The number of aryl methyl sites for hydroxylation is 1. The van der Waals surface area contributed by atoms with E-state index < -0.39 is 10.0 Å². The number of aliphatic hydroxyl groups is 1. The van der Waals surface area contributed by atoms with E-state index in [1.807, 2.05) is 0 Å². The van der Waals surface area contributed by atoms with Crippen LogP contribution in [0.4, 0.5) is 5.69 Å². The van der Waals surface area contributed by atoms with Crippen molar-refractivity contribution in [3.05, 3.63) is 38.8 Å². The van der Waals surface area contributed by atoms with Crippen molar-refractivity contribution in [1.82, 2.24) is 4.98 Å². The number of hydrogen-bond donors (Lipinski definition) is 2. The Kier molecular flexibility index (Phi) is 4.24. The Balaban J connectivity index is 2.38. The minimum absolute atomic E-state index is 0.167. The van der Waals surface area contributed by atoms with Crippen LogP contribution in [0.3, 0.4) is 0 Å². The highest BCUT2D eigenvalue weighted by Crippen LogP contribution is 2.29. The van der Waals surface area contributed by atoms with Gasteiger partial charge in [-0.15, -0.1) is 11.3 Å². The van der Waals surface area contributed by atoms with E-state index in [0.29, 0.717) is 19.9 Å². The largest absolute Gasteiger partial charge is 0.391 e. The average Bonchev–Trinajstić information content (AvgIpc) is 2.74. The Morgan fingerprint density at radius 1 is 1.53 bits per heavy atom. The van der Waals surface area contributed by atoms with Crippen molar-refractivity contribution in [2.45, 2.75) is 18.4 Å². The van der Waals surface area contributed by atoms with Gasteiger partial charge >= 0.3 is 0 Å². The molecule has 0 atom stereocenters. The number of rotatable bonds is 4. The Bertz CT molecular complexity index is 698. The van der Waals surface area contributed by atoms with Gasteiger partial charge in [-0.3, -0.25) is 9.71 Å². The van der Waals surface area contributed by atoms with Crippen LogP contribution in [0.2, 0.25) is 0 Å². The average molecular weight is 363 g/mol. The third kappa shape index (κ3) is 3.14. The van der Waals surface area contributed by atoms with Crippen LogP contribution >= 0.6 is 27.3 Å². The van der Waals surface area contributed by atoms with Gasteiger partial charge in [0, 0.05) is 22.1 Å². The molecule has 0 aliphatic carbocycles. The molecule has 0 spiro atoms. The van der Waals surface area contributed by atoms with Crippen LogP contribution in [0.25, 0.3) is 0 Å². The molecule has 2 aromatic rings. The summed E-state index contributed by atoms with van der Waals surface area (Å²) in [5.74, 6) is 0. The first kappa shape index (κ1) is 14.4. The number of nitrogens with one attached hydrogen (secondary N) is 1. The quantitative estimate of drug-likeness (QED) is 0.875. The number of pyridine rings is 1. The molecule has 0 bridgehead atoms. The van der Waals surface area contributed by atoms with Crippen LogP contribution in [0.5, 0.6) is 0 Å². The second-order valence-corrected chi connectivity index (χ2v) is 7.60. The number of hydrogen-bond acceptors (Lipinski definition) is 5. The molecule has 102 valence electrons. The van der Waals surface area contributed by atoms with Gasteiger partial charge in [0.2, 0.25) is 0 Å². The van der Waals surface area contributed by atoms with Crippen LogP contribution < -0.4 is 4.72 Å². The van der Waals surface area contributed by atoms with Crippen LogP contribution in [-0.2, 0) is 16.6 Å². The van der Waals surface area contributed by atoms with Gasteiger partial charge in [0.25, 0.3) is 10.0 Å². The van der Waals surface area contributed by atoms with Crippen molar-refractivity contribution in [2.24, 2.45) is 0 Å². The lowest BCUT2D eigenvalue weighted by molar-refractivity contribution is 0.285. The lowest BCUT2D eigenvalue weighted by atomic mass is 10.4. The number of thiophene rings is 1. The summed E-state index contributed by atoms with van der Waals surface area (Å²) in [7, 11) is -3.66. The molecular formula is C11H11BrN2O3S2. The predicted octanol–water partition coefficient (Wildman–Crippen LogP) is 2.51. The first-order chi connectivity index (χ1) is 8.94. The SMILES string of the molecule is Cc1sc(CO)cc1S(=O)(=O)Nc1ccncc1Br. The zero-order valence-electron chi connectivity index (χ0n) is 9.92. The molecule has 0 saturated carbocycles. The first-order valence-corrected chi connectivity index (χ1v) is 8.36. The lowest BCUT2D eigenvalue weighted by Gasteiger charge is -2.08. The van der Waals surface area contributed by atoms with Gasteiger partial charge in [-0.05, 0) is 35.0 Å². The molecule has 8 heteroatoms. The Morgan fingerprint density at radius 3 is 2.84 bits per heavy atom. The summed E-state index contributed by atoms with van der Waals surface area (Å²) in [5, 5.41) is 9.05. The molecule has 0 fully saturated rings. The van der Waals surface area contributed by atoms with E-state index in [4.69, 9.17) is 5.11 Å². The summed E-state index contributed by atoms with van der Waals surface area (Å²) in [6, 6.07) is 3.05. The molecule has 0 radical (unpaired) electrons. The number of aliphatic hydroxyl groups excluding tert-OH is 1. The molecule has 0 aliphatic rings. The summed E-state index contributed by atoms with van der Waals surface area (Å²) in [5.41, 5.74) is 0.422. The van der Waals surface area contributed by atoms with Gasteiger partial charge < -0.3 is 5.11 Å². The van der Waals surface area contributed by atoms with Crippen LogP contribution in [0, 0.1) is 6.92 Å². The first-order valence-electron chi connectivity index (χ1n) is 5.26. The molecule has 2 aromatic heterocycles. The summed E-state index contributed by atoms with van der Waals surface area (Å²) in [6.45, 7) is 1.54. The fraction of sp³-hybridized carbons (Fsp3) is 0.182. The number of nitrogens with zero attached hydrogens (tertiary/aromatic N) is 1. The number of halogens is 1. The fourth-order valence-corrected chi connectivity index (χ4v) is 4.58. The topological polar surface area (TPSA) is 79.3 Å². The van der Waals surface area contributed by atoms with E-state index in [1.54, 1.807) is 13.0 Å². The third-order valence-electron chi connectivity index (χ3n) is 2.39. The van der Waals surface area contributed by atoms with Gasteiger partial charge in [0.15, 0.2) is 0 Å². The maximum atomic E-state index is 12.3. The van der Waals surface area contributed by atoms with E-state index >= 15 is 0 Å². The highest BCUT2D eigenvalue weighted by molar-refractivity contribution is 9.10. The molecule has 0 saturated heterocycles. The molecule has 0 aliphatic heterocycles. The Labute approximate surface area is 123 Å². The van der Waals surface area contributed by atoms with Crippen molar-refractivity contribution in [3.63, 3.8) is 0 Å². The van der Waals surface area contributed by atoms with E-state index in [2.05, 4.69) is 25.6 Å². The van der Waals surface area contributed by atoms with Gasteiger partial charge in [-0.1, -0.05) is 0 Å². The standard InChI is InChI=1S/C11H11BrN2O3S2/c1-7-11(4-8(6-15)18-7)19(16,17)14-10-2-3-13-5-9(10)12/h2-5,15H,6H2,1H3,(H,13,14). The normalized spacial score (nSPS) is 11.5. The zero-order valence-corrected chi connectivity index (χ0v) is 13.1. The molecule has 2 rings (SSSR count). The minimum atomic E-state index is -3.66. The molecule has 2 N–H and O–H groups in total. The smallest absolute Gasteiger partial charge is 0.263 e. The Hall–Kier alpha value is -0.960. The van der Waals surface area contributed by atoms with Crippen LogP contribution in [0.15, 0.2) is 33.9 Å². The highest BCUT2D eigenvalue weighted by atomic mass is 79.9. The van der Waals surface area contributed by atoms with Gasteiger partial charge in [0.1, 0.15) is 4.90 Å². The maximum absolute atomic E-state index is 12.3. The van der Waals surface area contributed by atoms with E-state index in [-0.39, 0.29) is 11.5 Å². The maximum Gasteiger partial charge on any atom is 0.263 e. The zero-order chi connectivity index (χ0) is 14.0. The molecule has 2 heterocycles. The second kappa shape index (κ2) is 5.58. The monoisotopic (exact) mass is 362 g/mol. The molecule has 0 aromatic carbocycles. The summed E-state index contributed by atoms with van der Waals surface area (Å²) in [6.07, 6.45) is 3.01. The summed E-state index contributed by atoms with van der Waals surface area (Å²) in [4.78, 5) is 5.31. The highest BCUT2D eigenvalue weighted by Gasteiger charge is 2.20. The van der Waals surface area contributed by atoms with E-state index in [1.165, 1.54) is 29.8 Å². The lowest BCUT2D eigenvalue weighted by Crippen LogP contribution is -2.13. The number of anilines is 1. The van der Waals surface area contributed by atoms with E-state index in [9.17, 15) is 8.42 Å². The van der Waals surface area contributed by atoms with Gasteiger partial charge in [-0.2, -0.15) is 0 Å². The molecule has 19 heavy (non-hydrogen) atoms. The van der Waals surface area contributed by atoms with Crippen molar-refractivity contribution in [2.75, 3.05) is 4.72 Å². The fourth-order valence-electron chi connectivity index (χ4n) is 1.53. The van der Waals surface area contributed by atoms with Gasteiger partial charge in [-0.25, -0.2) is 8.42 Å². The van der Waals surface area contributed by atoms with Gasteiger partial charge in [0.05, 0.1) is 16.8 Å². The van der Waals surface area contributed by atoms with Crippen molar-refractivity contribution in [3.8, 4) is 0 Å². The summed E-state index contributed by atoms with van der Waals surface area (Å²) < 4.78 is 27.6. The van der Waals surface area contributed by atoms with Crippen LogP contribution in [-0.4, -0.2) is 18.5 Å².